The number of aryl methyl sites for hydroxylation is 1. The van der Waals surface area contributed by atoms with E-state index in [-0.39, 0.29) is 25.0 Å². The lowest BCUT2D eigenvalue weighted by molar-refractivity contribution is -0.138. The standard InChI is InChI=1S/C10H10O3.C10H12O2/c11-9(6-7-10(12)13)8-4-2-1-3-5-8;11-10(12)8-4-7-9-5-2-1-3-6-9/h1-5H,6-7H2,(H,12,13);1-3,5-6H,4,7-8H2,(H,11,12). The van der Waals surface area contributed by atoms with Gasteiger partial charge >= 0.3 is 11.9 Å². The molecule has 0 heterocycles. The monoisotopic (exact) mass is 342 g/mol. The van der Waals surface area contributed by atoms with Crippen molar-refractivity contribution in [3.05, 3.63) is 71.8 Å². The smallest absolute Gasteiger partial charge is 0.303 e. The van der Waals surface area contributed by atoms with Crippen molar-refractivity contribution in [1.29, 1.82) is 0 Å². The van der Waals surface area contributed by atoms with Crippen molar-refractivity contribution in [2.45, 2.75) is 32.1 Å². The lowest BCUT2D eigenvalue weighted by Crippen LogP contribution is -2.03. The molecule has 0 aliphatic rings. The van der Waals surface area contributed by atoms with Crippen molar-refractivity contribution in [2.24, 2.45) is 0 Å². The van der Waals surface area contributed by atoms with Gasteiger partial charge in [-0.25, -0.2) is 0 Å². The van der Waals surface area contributed by atoms with E-state index in [2.05, 4.69) is 0 Å². The van der Waals surface area contributed by atoms with Crippen LogP contribution in [-0.4, -0.2) is 27.9 Å². The van der Waals surface area contributed by atoms with Gasteiger partial charge in [0.15, 0.2) is 5.78 Å². The molecule has 0 fully saturated rings. The Morgan fingerprint density at radius 3 is 1.72 bits per heavy atom. The summed E-state index contributed by atoms with van der Waals surface area (Å²) in [6.45, 7) is 0. The molecule has 2 rings (SSSR count). The number of carboxylic acid groups (broad SMARTS) is 2. The van der Waals surface area contributed by atoms with Gasteiger partial charge in [0, 0.05) is 18.4 Å². The van der Waals surface area contributed by atoms with Crippen molar-refractivity contribution >= 4 is 17.7 Å². The number of rotatable bonds is 8. The van der Waals surface area contributed by atoms with Crippen molar-refractivity contribution in [1.82, 2.24) is 0 Å². The van der Waals surface area contributed by atoms with Gasteiger partial charge in [-0.2, -0.15) is 0 Å². The largest absolute Gasteiger partial charge is 0.481 e. The molecule has 5 heteroatoms. The zero-order chi connectivity index (χ0) is 18.5. The van der Waals surface area contributed by atoms with Gasteiger partial charge in [-0.3, -0.25) is 14.4 Å². The molecular formula is C20H22O5. The fourth-order valence-electron chi connectivity index (χ4n) is 2.08. The molecule has 25 heavy (non-hydrogen) atoms. The van der Waals surface area contributed by atoms with Gasteiger partial charge in [0.05, 0.1) is 6.42 Å². The SMILES string of the molecule is O=C(O)CCC(=O)c1ccccc1.O=C(O)CCCc1ccccc1. The van der Waals surface area contributed by atoms with Crippen LogP contribution < -0.4 is 0 Å². The molecule has 2 N–H and O–H groups in total. The van der Waals surface area contributed by atoms with Crippen molar-refractivity contribution in [3.8, 4) is 0 Å². The van der Waals surface area contributed by atoms with E-state index in [1.54, 1.807) is 24.3 Å². The Bertz CT molecular complexity index is 665. The number of aliphatic carboxylic acids is 2. The molecule has 0 aliphatic heterocycles. The maximum absolute atomic E-state index is 11.3. The number of carboxylic acids is 2. The highest BCUT2D eigenvalue weighted by Gasteiger charge is 2.06. The van der Waals surface area contributed by atoms with Gasteiger partial charge in [0.2, 0.25) is 0 Å². The van der Waals surface area contributed by atoms with Gasteiger partial charge in [-0.05, 0) is 18.4 Å². The molecule has 0 aromatic heterocycles. The van der Waals surface area contributed by atoms with E-state index in [0.717, 1.165) is 12.8 Å². The first kappa shape index (κ1) is 20.1. The van der Waals surface area contributed by atoms with Gasteiger partial charge < -0.3 is 10.2 Å². The number of hydrogen-bond donors (Lipinski definition) is 2. The number of benzene rings is 2. The maximum Gasteiger partial charge on any atom is 0.303 e. The fourth-order valence-corrected chi connectivity index (χ4v) is 2.08. The average molecular weight is 342 g/mol. The van der Waals surface area contributed by atoms with E-state index in [1.807, 2.05) is 36.4 Å². The van der Waals surface area contributed by atoms with Crippen molar-refractivity contribution < 1.29 is 24.6 Å². The van der Waals surface area contributed by atoms with Crippen molar-refractivity contribution in [3.63, 3.8) is 0 Å². The van der Waals surface area contributed by atoms with E-state index in [0.29, 0.717) is 5.56 Å². The second kappa shape index (κ2) is 11.6. The number of carbonyl (C=O) groups is 3. The van der Waals surface area contributed by atoms with Crippen LogP contribution in [0.3, 0.4) is 0 Å². The third-order valence-corrected chi connectivity index (χ3v) is 3.36. The second-order valence-electron chi connectivity index (χ2n) is 5.42. The summed E-state index contributed by atoms with van der Waals surface area (Å²) in [7, 11) is 0. The van der Waals surface area contributed by atoms with Gasteiger partial charge in [-0.15, -0.1) is 0 Å². The molecule has 0 unspecified atom stereocenters. The van der Waals surface area contributed by atoms with E-state index in [9.17, 15) is 14.4 Å². The fraction of sp³-hybridized carbons (Fsp3) is 0.250. The van der Waals surface area contributed by atoms with Crippen LogP contribution >= 0.6 is 0 Å². The molecular weight excluding hydrogens is 320 g/mol. The highest BCUT2D eigenvalue weighted by Crippen LogP contribution is 2.05. The average Bonchev–Trinajstić information content (AvgIpc) is 2.61. The molecule has 132 valence electrons. The maximum atomic E-state index is 11.3. The van der Waals surface area contributed by atoms with Crippen LogP contribution in [0.5, 0.6) is 0 Å². The minimum absolute atomic E-state index is 0.0688. The quantitative estimate of drug-likeness (QED) is 0.711. The lowest BCUT2D eigenvalue weighted by Gasteiger charge is -1.97. The third kappa shape index (κ3) is 9.71. The summed E-state index contributed by atoms with van der Waals surface area (Å²) in [5.41, 5.74) is 1.78. The van der Waals surface area contributed by atoms with Crippen molar-refractivity contribution in [2.75, 3.05) is 0 Å². The molecule has 0 saturated heterocycles. The zero-order valence-electron chi connectivity index (χ0n) is 13.9. The Kier molecular flexibility index (Phi) is 9.30. The first-order valence-corrected chi connectivity index (χ1v) is 8.05. The lowest BCUT2D eigenvalue weighted by atomic mass is 10.1. The number of hydrogen-bond acceptors (Lipinski definition) is 3. The predicted molar refractivity (Wildman–Crippen MR) is 94.7 cm³/mol. The number of Topliss-reactive ketones (excluding diaryl/α,β-unsaturated/α-hetero) is 1. The minimum Gasteiger partial charge on any atom is -0.481 e. The minimum atomic E-state index is -0.940. The first-order valence-electron chi connectivity index (χ1n) is 8.05. The Morgan fingerprint density at radius 2 is 1.20 bits per heavy atom. The zero-order valence-corrected chi connectivity index (χ0v) is 13.9. The normalized spacial score (nSPS) is 9.60. The summed E-state index contributed by atoms with van der Waals surface area (Å²) in [5.74, 6) is -1.78. The molecule has 0 saturated carbocycles. The predicted octanol–water partition coefficient (Wildman–Crippen LogP) is 3.83. The molecule has 5 nitrogen and oxygen atoms in total. The topological polar surface area (TPSA) is 91.7 Å². The van der Waals surface area contributed by atoms with E-state index < -0.39 is 11.9 Å². The summed E-state index contributed by atoms with van der Waals surface area (Å²) in [6.07, 6.45) is 1.80. The van der Waals surface area contributed by atoms with Gasteiger partial charge in [0.25, 0.3) is 0 Å². The molecule has 0 aliphatic carbocycles. The highest BCUT2D eigenvalue weighted by atomic mass is 16.4. The Morgan fingerprint density at radius 1 is 0.680 bits per heavy atom. The molecule has 0 bridgehead atoms. The molecule has 0 radical (unpaired) electrons. The highest BCUT2D eigenvalue weighted by molar-refractivity contribution is 5.97. The first-order chi connectivity index (χ1) is 12.0. The van der Waals surface area contributed by atoms with E-state index in [4.69, 9.17) is 10.2 Å². The van der Waals surface area contributed by atoms with Gasteiger partial charge in [0.1, 0.15) is 0 Å². The van der Waals surface area contributed by atoms with Crippen LogP contribution in [0.1, 0.15) is 41.6 Å². The number of ketones is 1. The summed E-state index contributed by atoms with van der Waals surface area (Å²) >= 11 is 0. The summed E-state index contributed by atoms with van der Waals surface area (Å²) in [6, 6.07) is 18.6. The molecule has 0 spiro atoms. The molecule has 0 atom stereocenters. The molecule has 2 aromatic rings. The molecule has 0 amide bonds. The second-order valence-corrected chi connectivity index (χ2v) is 5.42. The summed E-state index contributed by atoms with van der Waals surface area (Å²) in [4.78, 5) is 31.7. The van der Waals surface area contributed by atoms with E-state index >= 15 is 0 Å². The third-order valence-electron chi connectivity index (χ3n) is 3.36. The number of carbonyl (C=O) groups excluding carboxylic acids is 1. The van der Waals surface area contributed by atoms with Crippen LogP contribution in [0.2, 0.25) is 0 Å². The Balaban J connectivity index is 0.000000251. The Hall–Kier alpha value is -2.95. The van der Waals surface area contributed by atoms with Crippen LogP contribution in [0.4, 0.5) is 0 Å². The van der Waals surface area contributed by atoms with Crippen LogP contribution in [-0.2, 0) is 16.0 Å². The molecule has 2 aromatic carbocycles. The van der Waals surface area contributed by atoms with E-state index in [1.165, 1.54) is 5.56 Å². The van der Waals surface area contributed by atoms with Crippen LogP contribution in [0.25, 0.3) is 0 Å². The van der Waals surface area contributed by atoms with Crippen LogP contribution in [0.15, 0.2) is 60.7 Å². The summed E-state index contributed by atoms with van der Waals surface area (Å²) < 4.78 is 0. The Labute approximate surface area is 146 Å². The van der Waals surface area contributed by atoms with Gasteiger partial charge in [-0.1, -0.05) is 60.7 Å². The summed E-state index contributed by atoms with van der Waals surface area (Å²) in [5, 5.41) is 16.7. The van der Waals surface area contributed by atoms with Crippen LogP contribution in [0, 0.1) is 0 Å².